The highest BCUT2D eigenvalue weighted by Crippen LogP contribution is 1.95. The predicted octanol–water partition coefficient (Wildman–Crippen LogP) is 0.665. The Bertz CT molecular complexity index is 160. The van der Waals surface area contributed by atoms with Gasteiger partial charge >= 0.3 is 0 Å². The van der Waals surface area contributed by atoms with E-state index < -0.39 is 0 Å². The molecule has 0 aliphatic carbocycles. The summed E-state index contributed by atoms with van der Waals surface area (Å²) in [5.41, 5.74) is 4.66. The van der Waals surface area contributed by atoms with Crippen molar-refractivity contribution in [1.29, 1.82) is 0 Å². The fourth-order valence-electron chi connectivity index (χ4n) is 0.689. The SMILES string of the molecule is N[N]Cc1ccccc1. The van der Waals surface area contributed by atoms with Crippen molar-refractivity contribution in [2.24, 2.45) is 5.84 Å². The molecule has 2 nitrogen and oxygen atoms in total. The van der Waals surface area contributed by atoms with Crippen molar-refractivity contribution in [3.8, 4) is 0 Å². The summed E-state index contributed by atoms with van der Waals surface area (Å²) in [4.78, 5) is 0. The normalized spacial score (nSPS) is 9.44. The third-order valence-electron chi connectivity index (χ3n) is 1.12. The molecule has 0 fully saturated rings. The van der Waals surface area contributed by atoms with Gasteiger partial charge in [0.15, 0.2) is 0 Å². The number of rotatable bonds is 2. The van der Waals surface area contributed by atoms with Gasteiger partial charge in [-0.2, -0.15) is 5.43 Å². The first-order valence-electron chi connectivity index (χ1n) is 2.84. The first kappa shape index (κ1) is 6.26. The van der Waals surface area contributed by atoms with E-state index in [1.165, 1.54) is 0 Å². The Morgan fingerprint density at radius 1 is 1.22 bits per heavy atom. The van der Waals surface area contributed by atoms with Gasteiger partial charge in [-0.1, -0.05) is 30.3 Å². The molecule has 0 aliphatic rings. The van der Waals surface area contributed by atoms with Crippen LogP contribution in [0.5, 0.6) is 0 Å². The van der Waals surface area contributed by atoms with E-state index >= 15 is 0 Å². The van der Waals surface area contributed by atoms with Crippen molar-refractivity contribution in [3.63, 3.8) is 0 Å². The van der Waals surface area contributed by atoms with Crippen molar-refractivity contribution in [2.45, 2.75) is 6.54 Å². The molecule has 1 radical (unpaired) electrons. The molecule has 0 saturated heterocycles. The van der Waals surface area contributed by atoms with Gasteiger partial charge < -0.3 is 0 Å². The number of hydrogen-bond acceptors (Lipinski definition) is 1. The maximum Gasteiger partial charge on any atom is 0.0552 e. The van der Waals surface area contributed by atoms with Crippen LogP contribution in [-0.4, -0.2) is 0 Å². The van der Waals surface area contributed by atoms with Gasteiger partial charge in [-0.3, -0.25) is 5.84 Å². The molecule has 0 bridgehead atoms. The van der Waals surface area contributed by atoms with Crippen LogP contribution < -0.4 is 11.3 Å². The molecular formula is C7H9N2. The van der Waals surface area contributed by atoms with Crippen molar-refractivity contribution in [3.05, 3.63) is 35.9 Å². The zero-order valence-electron chi connectivity index (χ0n) is 5.12. The minimum absolute atomic E-state index is 0.612. The van der Waals surface area contributed by atoms with E-state index in [-0.39, 0.29) is 0 Å². The smallest absolute Gasteiger partial charge is 0.0552 e. The monoisotopic (exact) mass is 121 g/mol. The Hall–Kier alpha value is -0.860. The Balaban J connectivity index is 2.61. The number of hydrogen-bond donors (Lipinski definition) is 1. The fraction of sp³-hybridized carbons (Fsp3) is 0.143. The third-order valence-corrected chi connectivity index (χ3v) is 1.12. The molecule has 0 heterocycles. The summed E-state index contributed by atoms with van der Waals surface area (Å²) in [7, 11) is 0. The van der Waals surface area contributed by atoms with Crippen LogP contribution in [0.2, 0.25) is 0 Å². The topological polar surface area (TPSA) is 40.1 Å². The quantitative estimate of drug-likeness (QED) is 0.453. The van der Waals surface area contributed by atoms with E-state index in [0.717, 1.165) is 5.56 Å². The van der Waals surface area contributed by atoms with E-state index in [1.807, 2.05) is 30.3 Å². The number of benzene rings is 1. The first-order chi connectivity index (χ1) is 4.43. The van der Waals surface area contributed by atoms with Crippen LogP contribution in [0.1, 0.15) is 5.56 Å². The molecule has 0 unspecified atom stereocenters. The molecular weight excluding hydrogens is 112 g/mol. The Morgan fingerprint density at radius 2 is 1.89 bits per heavy atom. The van der Waals surface area contributed by atoms with E-state index in [4.69, 9.17) is 5.84 Å². The highest BCUT2D eigenvalue weighted by Gasteiger charge is 1.85. The molecule has 1 rings (SSSR count). The summed E-state index contributed by atoms with van der Waals surface area (Å²) in [6, 6.07) is 9.91. The van der Waals surface area contributed by atoms with Crippen molar-refractivity contribution in [1.82, 2.24) is 5.43 Å². The van der Waals surface area contributed by atoms with Gasteiger partial charge in [0.25, 0.3) is 0 Å². The maximum atomic E-state index is 4.99. The average Bonchev–Trinajstić information content (AvgIpc) is 1.91. The molecule has 2 heteroatoms. The molecule has 0 aliphatic heterocycles. The molecule has 2 N–H and O–H groups in total. The van der Waals surface area contributed by atoms with Gasteiger partial charge in [-0.25, -0.2) is 0 Å². The first-order valence-corrected chi connectivity index (χ1v) is 2.84. The van der Waals surface area contributed by atoms with E-state index in [1.54, 1.807) is 0 Å². The minimum Gasteiger partial charge on any atom is -0.253 e. The van der Waals surface area contributed by atoms with Crippen molar-refractivity contribution < 1.29 is 0 Å². The van der Waals surface area contributed by atoms with E-state index in [2.05, 4.69) is 5.43 Å². The molecule has 0 saturated carbocycles. The molecule has 1 aromatic rings. The van der Waals surface area contributed by atoms with E-state index in [0.29, 0.717) is 6.54 Å². The highest BCUT2D eigenvalue weighted by molar-refractivity contribution is 5.13. The van der Waals surface area contributed by atoms with Gasteiger partial charge in [-0.15, -0.1) is 0 Å². The largest absolute Gasteiger partial charge is 0.253 e. The molecule has 9 heavy (non-hydrogen) atoms. The third kappa shape index (κ3) is 1.83. The van der Waals surface area contributed by atoms with E-state index in [9.17, 15) is 0 Å². The number of nitrogens with two attached hydrogens (primary N) is 1. The highest BCUT2D eigenvalue weighted by atomic mass is 15.2. The van der Waals surface area contributed by atoms with Crippen molar-refractivity contribution in [2.75, 3.05) is 0 Å². The second kappa shape index (κ2) is 3.22. The summed E-state index contributed by atoms with van der Waals surface area (Å²) in [6.45, 7) is 0.612. The van der Waals surface area contributed by atoms with Gasteiger partial charge in [0, 0.05) is 0 Å². The minimum atomic E-state index is 0.612. The van der Waals surface area contributed by atoms with Crippen LogP contribution in [0.25, 0.3) is 0 Å². The second-order valence-corrected chi connectivity index (χ2v) is 1.83. The summed E-state index contributed by atoms with van der Waals surface area (Å²) in [5.74, 6) is 4.99. The molecule has 47 valence electrons. The molecule has 0 amide bonds. The van der Waals surface area contributed by atoms with Crippen LogP contribution in [0.4, 0.5) is 0 Å². The summed E-state index contributed by atoms with van der Waals surface area (Å²) < 4.78 is 0. The lowest BCUT2D eigenvalue weighted by atomic mass is 10.2. The maximum absolute atomic E-state index is 4.99. The van der Waals surface area contributed by atoms with Crippen LogP contribution in [-0.2, 0) is 6.54 Å². The predicted molar refractivity (Wildman–Crippen MR) is 36.5 cm³/mol. The lowest BCUT2D eigenvalue weighted by molar-refractivity contribution is 0.723. The van der Waals surface area contributed by atoms with Gasteiger partial charge in [0.05, 0.1) is 6.54 Å². The zero-order chi connectivity index (χ0) is 6.53. The van der Waals surface area contributed by atoms with Gasteiger partial charge in [-0.05, 0) is 5.56 Å². The van der Waals surface area contributed by atoms with Crippen LogP contribution in [0.15, 0.2) is 30.3 Å². The standard InChI is InChI=1S/C7H9N2/c8-9-6-7-4-2-1-3-5-7/h1-5H,6,8H2. The number of nitrogens with zero attached hydrogens (tertiary/aromatic N) is 1. The Kier molecular flexibility index (Phi) is 2.24. The summed E-state index contributed by atoms with van der Waals surface area (Å²) in [5, 5.41) is 0. The van der Waals surface area contributed by atoms with Gasteiger partial charge in [0.1, 0.15) is 0 Å². The molecule has 0 spiro atoms. The van der Waals surface area contributed by atoms with Gasteiger partial charge in [0.2, 0.25) is 0 Å². The Labute approximate surface area is 54.7 Å². The fourth-order valence-corrected chi connectivity index (χ4v) is 0.689. The van der Waals surface area contributed by atoms with Crippen LogP contribution in [0.3, 0.4) is 0 Å². The summed E-state index contributed by atoms with van der Waals surface area (Å²) in [6.07, 6.45) is 0. The molecule has 1 aromatic carbocycles. The molecule has 0 aromatic heterocycles. The molecule has 0 atom stereocenters. The van der Waals surface area contributed by atoms with Crippen LogP contribution in [0, 0.1) is 0 Å². The van der Waals surface area contributed by atoms with Crippen molar-refractivity contribution >= 4 is 0 Å². The second-order valence-electron chi connectivity index (χ2n) is 1.83. The lowest BCUT2D eigenvalue weighted by Crippen LogP contribution is -2.11. The van der Waals surface area contributed by atoms with Crippen LogP contribution >= 0.6 is 0 Å². The zero-order valence-corrected chi connectivity index (χ0v) is 5.12. The average molecular weight is 121 g/mol. The Morgan fingerprint density at radius 3 is 2.44 bits per heavy atom. The lowest BCUT2D eigenvalue weighted by Gasteiger charge is -1.93. The summed E-state index contributed by atoms with van der Waals surface area (Å²) >= 11 is 0.